The molecule has 1 fully saturated rings. The molecule has 0 radical (unpaired) electrons. The summed E-state index contributed by atoms with van der Waals surface area (Å²) in [4.78, 5) is 16.5. The van der Waals surface area contributed by atoms with Crippen LogP contribution in [0.5, 0.6) is 0 Å². The number of halogens is 1. The normalized spacial score (nSPS) is 15.4. The van der Waals surface area contributed by atoms with Crippen LogP contribution in [0.4, 0.5) is 10.1 Å². The molecule has 1 aromatic heterocycles. The first kappa shape index (κ1) is 15.8. The second kappa shape index (κ2) is 6.64. The van der Waals surface area contributed by atoms with Crippen LogP contribution in [-0.2, 0) is 9.53 Å². The topological polar surface area (TPSA) is 64.4 Å². The van der Waals surface area contributed by atoms with Crippen LogP contribution in [-0.4, -0.2) is 24.1 Å². The number of amides is 1. The van der Waals surface area contributed by atoms with Gasteiger partial charge in [-0.05, 0) is 49.2 Å². The summed E-state index contributed by atoms with van der Waals surface area (Å²) in [6, 6.07) is 11.8. The van der Waals surface area contributed by atoms with Gasteiger partial charge in [-0.2, -0.15) is 0 Å². The SMILES string of the molecule is O=C(Nc1ccc(-c2nc3cccc(F)c3o2)cc1)C1CCOCC1. The third-order valence-corrected chi connectivity index (χ3v) is 4.36. The number of ether oxygens (including phenoxy) is 1. The molecule has 0 bridgehead atoms. The molecule has 1 amide bonds. The summed E-state index contributed by atoms with van der Waals surface area (Å²) in [7, 11) is 0. The molecule has 0 atom stereocenters. The lowest BCUT2D eigenvalue weighted by atomic mass is 9.99. The van der Waals surface area contributed by atoms with Crippen LogP contribution >= 0.6 is 0 Å². The Hall–Kier alpha value is -2.73. The Labute approximate surface area is 143 Å². The van der Waals surface area contributed by atoms with Crippen molar-refractivity contribution in [3.63, 3.8) is 0 Å². The van der Waals surface area contributed by atoms with E-state index in [1.165, 1.54) is 6.07 Å². The van der Waals surface area contributed by atoms with Crippen LogP contribution in [0.15, 0.2) is 46.9 Å². The van der Waals surface area contributed by atoms with Crippen LogP contribution in [0.3, 0.4) is 0 Å². The Morgan fingerprint density at radius 3 is 2.60 bits per heavy atom. The number of carbonyl (C=O) groups is 1. The molecule has 0 spiro atoms. The Bertz CT molecular complexity index is 899. The molecular formula is C19H17FN2O3. The summed E-state index contributed by atoms with van der Waals surface area (Å²) < 4.78 is 24.5. The van der Waals surface area contributed by atoms with E-state index in [9.17, 15) is 9.18 Å². The number of rotatable bonds is 3. The fourth-order valence-corrected chi connectivity index (χ4v) is 2.94. The lowest BCUT2D eigenvalue weighted by Crippen LogP contribution is -2.28. The number of hydrogen-bond acceptors (Lipinski definition) is 4. The highest BCUT2D eigenvalue weighted by Crippen LogP contribution is 2.27. The van der Waals surface area contributed by atoms with Crippen molar-refractivity contribution in [3.05, 3.63) is 48.3 Å². The van der Waals surface area contributed by atoms with Gasteiger partial charge in [0.1, 0.15) is 5.52 Å². The zero-order valence-corrected chi connectivity index (χ0v) is 13.5. The summed E-state index contributed by atoms with van der Waals surface area (Å²) in [5.74, 6) is -0.0765. The van der Waals surface area contributed by atoms with E-state index >= 15 is 0 Å². The molecule has 1 N–H and O–H groups in total. The second-order valence-electron chi connectivity index (χ2n) is 6.06. The minimum Gasteiger partial charge on any atom is -0.433 e. The molecule has 128 valence electrons. The Kier molecular flexibility index (Phi) is 4.19. The van der Waals surface area contributed by atoms with Gasteiger partial charge in [0.2, 0.25) is 11.8 Å². The first-order valence-electron chi connectivity index (χ1n) is 8.25. The van der Waals surface area contributed by atoms with E-state index in [-0.39, 0.29) is 17.4 Å². The van der Waals surface area contributed by atoms with Crippen LogP contribution in [0, 0.1) is 11.7 Å². The number of fused-ring (bicyclic) bond motifs is 1. The monoisotopic (exact) mass is 340 g/mol. The number of oxazole rings is 1. The Morgan fingerprint density at radius 1 is 1.12 bits per heavy atom. The van der Waals surface area contributed by atoms with Gasteiger partial charge in [0.05, 0.1) is 0 Å². The molecule has 4 rings (SSSR count). The lowest BCUT2D eigenvalue weighted by molar-refractivity contribution is -0.122. The van der Waals surface area contributed by atoms with Crippen molar-refractivity contribution in [2.45, 2.75) is 12.8 Å². The first-order chi connectivity index (χ1) is 12.2. The summed E-state index contributed by atoms with van der Waals surface area (Å²) in [5.41, 5.74) is 2.06. The van der Waals surface area contributed by atoms with E-state index in [2.05, 4.69) is 10.3 Å². The fraction of sp³-hybridized carbons (Fsp3) is 0.263. The second-order valence-corrected chi connectivity index (χ2v) is 6.06. The smallest absolute Gasteiger partial charge is 0.227 e. The van der Waals surface area contributed by atoms with Crippen molar-refractivity contribution < 1.29 is 18.3 Å². The molecule has 3 aromatic rings. The summed E-state index contributed by atoms with van der Waals surface area (Å²) in [6.45, 7) is 1.26. The van der Waals surface area contributed by atoms with Gasteiger partial charge in [-0.15, -0.1) is 0 Å². The third kappa shape index (κ3) is 3.25. The maximum atomic E-state index is 13.7. The number of anilines is 1. The quantitative estimate of drug-likeness (QED) is 0.783. The summed E-state index contributed by atoms with van der Waals surface area (Å²) in [6.07, 6.45) is 1.50. The number of hydrogen-bond donors (Lipinski definition) is 1. The van der Waals surface area contributed by atoms with Crippen molar-refractivity contribution in [3.8, 4) is 11.5 Å². The molecule has 0 saturated carbocycles. The van der Waals surface area contributed by atoms with E-state index < -0.39 is 5.82 Å². The highest BCUT2D eigenvalue weighted by atomic mass is 19.1. The van der Waals surface area contributed by atoms with Crippen LogP contribution in [0.25, 0.3) is 22.6 Å². The van der Waals surface area contributed by atoms with Crippen LogP contribution < -0.4 is 5.32 Å². The van der Waals surface area contributed by atoms with Gasteiger partial charge in [-0.25, -0.2) is 9.37 Å². The summed E-state index contributed by atoms with van der Waals surface area (Å²) in [5, 5.41) is 2.92. The van der Waals surface area contributed by atoms with Crippen LogP contribution in [0.2, 0.25) is 0 Å². The number of para-hydroxylation sites is 1. The van der Waals surface area contributed by atoms with E-state index in [1.807, 2.05) is 0 Å². The van der Waals surface area contributed by atoms with Gasteiger partial charge in [0.15, 0.2) is 11.4 Å². The third-order valence-electron chi connectivity index (χ3n) is 4.36. The molecule has 1 aliphatic heterocycles. The molecule has 6 heteroatoms. The molecule has 5 nitrogen and oxygen atoms in total. The predicted octanol–water partition coefficient (Wildman–Crippen LogP) is 4.00. The number of aromatic nitrogens is 1. The average Bonchev–Trinajstić information content (AvgIpc) is 3.09. The summed E-state index contributed by atoms with van der Waals surface area (Å²) >= 11 is 0. The number of nitrogens with zero attached hydrogens (tertiary/aromatic N) is 1. The van der Waals surface area contributed by atoms with E-state index in [1.54, 1.807) is 36.4 Å². The number of benzene rings is 2. The van der Waals surface area contributed by atoms with Crippen molar-refractivity contribution in [1.82, 2.24) is 4.98 Å². The zero-order valence-electron chi connectivity index (χ0n) is 13.5. The molecule has 0 unspecified atom stereocenters. The fourth-order valence-electron chi connectivity index (χ4n) is 2.94. The zero-order chi connectivity index (χ0) is 17.2. The lowest BCUT2D eigenvalue weighted by Gasteiger charge is -2.21. The van der Waals surface area contributed by atoms with Gasteiger partial charge < -0.3 is 14.5 Å². The Balaban J connectivity index is 1.51. The van der Waals surface area contributed by atoms with Crippen molar-refractivity contribution in [2.24, 2.45) is 5.92 Å². The minimum atomic E-state index is -0.434. The average molecular weight is 340 g/mol. The number of carbonyl (C=O) groups excluding carboxylic acids is 1. The van der Waals surface area contributed by atoms with Gasteiger partial charge in [0.25, 0.3) is 0 Å². The predicted molar refractivity (Wildman–Crippen MR) is 91.6 cm³/mol. The highest BCUT2D eigenvalue weighted by molar-refractivity contribution is 5.92. The molecule has 0 aliphatic carbocycles. The Morgan fingerprint density at radius 2 is 1.88 bits per heavy atom. The number of nitrogens with one attached hydrogen (secondary N) is 1. The maximum Gasteiger partial charge on any atom is 0.227 e. The largest absolute Gasteiger partial charge is 0.433 e. The van der Waals surface area contributed by atoms with Crippen molar-refractivity contribution in [2.75, 3.05) is 18.5 Å². The highest BCUT2D eigenvalue weighted by Gasteiger charge is 2.21. The van der Waals surface area contributed by atoms with Gasteiger partial charge in [-0.1, -0.05) is 6.07 Å². The first-order valence-corrected chi connectivity index (χ1v) is 8.25. The standard InChI is InChI=1S/C19H17FN2O3/c20-15-2-1-3-16-17(15)25-19(22-16)13-4-6-14(7-5-13)21-18(23)12-8-10-24-11-9-12/h1-7,12H,8-11H2,(H,21,23). The minimum absolute atomic E-state index is 0.00607. The van der Waals surface area contributed by atoms with Gasteiger partial charge in [0, 0.05) is 30.4 Å². The molecular weight excluding hydrogens is 323 g/mol. The molecule has 2 heterocycles. The van der Waals surface area contributed by atoms with Crippen LogP contribution in [0.1, 0.15) is 12.8 Å². The van der Waals surface area contributed by atoms with Gasteiger partial charge in [-0.3, -0.25) is 4.79 Å². The van der Waals surface area contributed by atoms with E-state index in [4.69, 9.17) is 9.15 Å². The van der Waals surface area contributed by atoms with Crippen molar-refractivity contribution in [1.29, 1.82) is 0 Å². The maximum absolute atomic E-state index is 13.7. The molecule has 25 heavy (non-hydrogen) atoms. The molecule has 1 aliphatic rings. The van der Waals surface area contributed by atoms with Crippen molar-refractivity contribution >= 4 is 22.7 Å². The molecule has 1 saturated heterocycles. The van der Waals surface area contributed by atoms with Gasteiger partial charge >= 0.3 is 0 Å². The molecule has 2 aromatic carbocycles. The van der Waals surface area contributed by atoms with E-state index in [0.29, 0.717) is 30.3 Å². The van der Waals surface area contributed by atoms with E-state index in [0.717, 1.165) is 18.4 Å².